The maximum atomic E-state index is 12.7. The number of hydrogen-bond acceptors (Lipinski definition) is 5. The number of hydrazine groups is 1. The van der Waals surface area contributed by atoms with Gasteiger partial charge in [-0.3, -0.25) is 20.4 Å². The van der Waals surface area contributed by atoms with Crippen molar-refractivity contribution in [1.29, 1.82) is 0 Å². The zero-order chi connectivity index (χ0) is 24.9. The van der Waals surface area contributed by atoms with Crippen LogP contribution in [0.5, 0.6) is 11.5 Å². The van der Waals surface area contributed by atoms with Crippen molar-refractivity contribution in [2.45, 2.75) is 20.0 Å². The molecular weight excluding hydrogens is 489 g/mol. The molecule has 2 amide bonds. The van der Waals surface area contributed by atoms with Gasteiger partial charge in [-0.2, -0.15) is 0 Å². The molecular formula is C26H25Cl2N3O4. The fourth-order valence-corrected chi connectivity index (χ4v) is 4.25. The van der Waals surface area contributed by atoms with Gasteiger partial charge in [0, 0.05) is 35.3 Å². The lowest BCUT2D eigenvalue weighted by Gasteiger charge is -2.18. The number of rotatable bonds is 8. The Morgan fingerprint density at radius 2 is 1.83 bits per heavy atom. The molecule has 0 aliphatic carbocycles. The molecule has 3 aromatic carbocycles. The number of methoxy groups -OCH3 is 1. The van der Waals surface area contributed by atoms with E-state index in [1.807, 2.05) is 49.4 Å². The summed E-state index contributed by atoms with van der Waals surface area (Å²) in [5.74, 6) is -0.100. The fraction of sp³-hybridized carbons (Fsp3) is 0.231. The van der Waals surface area contributed by atoms with Crippen molar-refractivity contribution in [3.8, 4) is 11.5 Å². The van der Waals surface area contributed by atoms with Crippen LogP contribution in [-0.2, 0) is 16.2 Å². The molecule has 0 radical (unpaired) electrons. The van der Waals surface area contributed by atoms with Crippen LogP contribution in [0, 0.1) is 12.8 Å². The Labute approximate surface area is 213 Å². The standard InChI is InChI=1S/C26H25Cl2N3O4/c1-16-7-9-20(10-8-16)31-14-18(11-24(31)32)26(33)30-29-19-12-22(28)25(23(13-19)34-2)35-15-17-5-3-4-6-21(17)27/h3-10,12-13,18,29H,11,14-15H2,1-2H3,(H,30,33)/t18-/m0/s1. The third-order valence-corrected chi connectivity index (χ3v) is 6.38. The number of nitrogens with one attached hydrogen (secondary N) is 2. The number of amides is 2. The van der Waals surface area contributed by atoms with Crippen LogP contribution in [0.4, 0.5) is 11.4 Å². The Morgan fingerprint density at radius 3 is 2.54 bits per heavy atom. The zero-order valence-electron chi connectivity index (χ0n) is 19.3. The van der Waals surface area contributed by atoms with Crippen LogP contribution in [-0.4, -0.2) is 25.5 Å². The number of halogens is 2. The number of aryl methyl sites for hydroxylation is 1. The van der Waals surface area contributed by atoms with Gasteiger partial charge in [0.2, 0.25) is 11.8 Å². The maximum Gasteiger partial charge on any atom is 0.243 e. The summed E-state index contributed by atoms with van der Waals surface area (Å²) < 4.78 is 11.3. The second kappa shape index (κ2) is 10.9. The molecule has 0 saturated carbocycles. The van der Waals surface area contributed by atoms with Gasteiger partial charge < -0.3 is 14.4 Å². The molecule has 0 unspecified atom stereocenters. The summed E-state index contributed by atoms with van der Waals surface area (Å²) in [6, 6.07) is 18.3. The second-order valence-electron chi connectivity index (χ2n) is 8.22. The highest BCUT2D eigenvalue weighted by Gasteiger charge is 2.35. The molecule has 35 heavy (non-hydrogen) atoms. The number of carbonyl (C=O) groups excluding carboxylic acids is 2. The van der Waals surface area contributed by atoms with E-state index in [0.717, 1.165) is 16.8 Å². The summed E-state index contributed by atoms with van der Waals surface area (Å²) in [7, 11) is 1.50. The van der Waals surface area contributed by atoms with Gasteiger partial charge in [0.15, 0.2) is 11.5 Å². The van der Waals surface area contributed by atoms with Crippen molar-refractivity contribution in [3.05, 3.63) is 81.8 Å². The van der Waals surface area contributed by atoms with Crippen LogP contribution in [0.25, 0.3) is 0 Å². The van der Waals surface area contributed by atoms with Crippen molar-refractivity contribution in [2.24, 2.45) is 5.92 Å². The van der Waals surface area contributed by atoms with E-state index in [0.29, 0.717) is 33.8 Å². The minimum Gasteiger partial charge on any atom is -0.493 e. The van der Waals surface area contributed by atoms with Crippen molar-refractivity contribution in [2.75, 3.05) is 24.0 Å². The second-order valence-corrected chi connectivity index (χ2v) is 9.04. The minimum atomic E-state index is -0.480. The summed E-state index contributed by atoms with van der Waals surface area (Å²) in [5.41, 5.74) is 8.73. The van der Waals surface area contributed by atoms with Gasteiger partial charge in [0.25, 0.3) is 0 Å². The topological polar surface area (TPSA) is 79.9 Å². The molecule has 4 rings (SSSR count). The van der Waals surface area contributed by atoms with Crippen molar-refractivity contribution >= 4 is 46.4 Å². The summed E-state index contributed by atoms with van der Waals surface area (Å²) in [6.45, 7) is 2.51. The number of anilines is 2. The molecule has 182 valence electrons. The molecule has 1 saturated heterocycles. The van der Waals surface area contributed by atoms with E-state index in [9.17, 15) is 9.59 Å². The Bertz CT molecular complexity index is 1230. The van der Waals surface area contributed by atoms with Gasteiger partial charge in [-0.15, -0.1) is 0 Å². The third-order valence-electron chi connectivity index (χ3n) is 5.73. The molecule has 0 bridgehead atoms. The lowest BCUT2D eigenvalue weighted by atomic mass is 10.1. The summed E-state index contributed by atoms with van der Waals surface area (Å²) in [5, 5.41) is 0.893. The lowest BCUT2D eigenvalue weighted by molar-refractivity contribution is -0.125. The smallest absolute Gasteiger partial charge is 0.243 e. The highest BCUT2D eigenvalue weighted by molar-refractivity contribution is 6.32. The monoisotopic (exact) mass is 513 g/mol. The molecule has 0 spiro atoms. The molecule has 2 N–H and O–H groups in total. The van der Waals surface area contributed by atoms with E-state index in [4.69, 9.17) is 32.7 Å². The van der Waals surface area contributed by atoms with Gasteiger partial charge in [-0.1, -0.05) is 59.1 Å². The first-order valence-electron chi connectivity index (χ1n) is 11.0. The predicted molar refractivity (Wildman–Crippen MR) is 137 cm³/mol. The maximum absolute atomic E-state index is 12.7. The van der Waals surface area contributed by atoms with Gasteiger partial charge in [0.1, 0.15) is 6.61 Å². The van der Waals surface area contributed by atoms with Crippen LogP contribution in [0.15, 0.2) is 60.7 Å². The van der Waals surface area contributed by atoms with Gasteiger partial charge in [0.05, 0.1) is 23.7 Å². The zero-order valence-corrected chi connectivity index (χ0v) is 20.8. The molecule has 3 aromatic rings. The first-order valence-corrected chi connectivity index (χ1v) is 11.8. The Morgan fingerprint density at radius 1 is 1.09 bits per heavy atom. The quantitative estimate of drug-likeness (QED) is 0.395. The summed E-state index contributed by atoms with van der Waals surface area (Å²) in [6.07, 6.45) is 0.139. The first kappa shape index (κ1) is 24.7. The van der Waals surface area contributed by atoms with Crippen LogP contribution < -0.4 is 25.2 Å². The first-order chi connectivity index (χ1) is 16.9. The van der Waals surface area contributed by atoms with Crippen LogP contribution in [0.1, 0.15) is 17.5 Å². The average molecular weight is 514 g/mol. The van der Waals surface area contributed by atoms with Gasteiger partial charge in [-0.05, 0) is 31.2 Å². The minimum absolute atomic E-state index is 0.0845. The molecule has 1 aliphatic rings. The predicted octanol–water partition coefficient (Wildman–Crippen LogP) is 5.39. The SMILES string of the molecule is COc1cc(NNC(=O)[C@H]2CC(=O)N(c3ccc(C)cc3)C2)cc(Cl)c1OCc1ccccc1Cl. The summed E-state index contributed by atoms with van der Waals surface area (Å²) in [4.78, 5) is 26.8. The third kappa shape index (κ3) is 5.81. The molecule has 0 aromatic heterocycles. The summed E-state index contributed by atoms with van der Waals surface area (Å²) >= 11 is 12.6. The van der Waals surface area contributed by atoms with E-state index in [1.165, 1.54) is 7.11 Å². The number of benzene rings is 3. The highest BCUT2D eigenvalue weighted by atomic mass is 35.5. The largest absolute Gasteiger partial charge is 0.493 e. The van der Waals surface area contributed by atoms with Crippen molar-refractivity contribution in [3.63, 3.8) is 0 Å². The molecule has 9 heteroatoms. The van der Waals surface area contributed by atoms with E-state index in [-0.39, 0.29) is 24.8 Å². The number of carbonyl (C=O) groups is 2. The highest BCUT2D eigenvalue weighted by Crippen LogP contribution is 2.39. The fourth-order valence-electron chi connectivity index (χ4n) is 3.79. The number of nitrogens with zero attached hydrogens (tertiary/aromatic N) is 1. The van der Waals surface area contributed by atoms with E-state index >= 15 is 0 Å². The van der Waals surface area contributed by atoms with E-state index in [2.05, 4.69) is 10.9 Å². The molecule has 1 heterocycles. The van der Waals surface area contributed by atoms with E-state index < -0.39 is 5.92 Å². The molecule has 1 fully saturated rings. The Balaban J connectivity index is 1.38. The Hall–Kier alpha value is -3.42. The van der Waals surface area contributed by atoms with Crippen LogP contribution in [0.2, 0.25) is 10.0 Å². The number of ether oxygens (including phenoxy) is 2. The molecule has 7 nitrogen and oxygen atoms in total. The Kier molecular flexibility index (Phi) is 7.68. The molecule has 1 aliphatic heterocycles. The van der Waals surface area contributed by atoms with E-state index in [1.54, 1.807) is 23.1 Å². The molecule has 1 atom stereocenters. The van der Waals surface area contributed by atoms with Gasteiger partial charge in [-0.25, -0.2) is 0 Å². The van der Waals surface area contributed by atoms with Crippen molar-refractivity contribution < 1.29 is 19.1 Å². The number of hydrogen-bond donors (Lipinski definition) is 2. The van der Waals surface area contributed by atoms with Gasteiger partial charge >= 0.3 is 0 Å². The van der Waals surface area contributed by atoms with Crippen molar-refractivity contribution in [1.82, 2.24) is 5.43 Å². The van der Waals surface area contributed by atoms with Crippen LogP contribution in [0.3, 0.4) is 0 Å². The van der Waals surface area contributed by atoms with Crippen LogP contribution >= 0.6 is 23.2 Å². The average Bonchev–Trinajstić information content (AvgIpc) is 3.24. The lowest BCUT2D eigenvalue weighted by Crippen LogP contribution is -2.36. The normalized spacial score (nSPS) is 15.1.